The third kappa shape index (κ3) is 2.60. The van der Waals surface area contributed by atoms with Crippen LogP contribution in [0.1, 0.15) is 10.4 Å². The molecule has 2 aromatic carbocycles. The van der Waals surface area contributed by atoms with Gasteiger partial charge in [-0.1, -0.05) is 30.3 Å². The number of aromatic hydroxyl groups is 1. The summed E-state index contributed by atoms with van der Waals surface area (Å²) in [6.45, 7) is 0. The number of amides is 1. The number of carbonyl (C=O) groups is 1. The van der Waals surface area contributed by atoms with E-state index in [1.54, 1.807) is 30.5 Å². The fourth-order valence-corrected chi connectivity index (χ4v) is 2.46. The number of phenolic OH excluding ortho intramolecular Hbond substituents is 1. The number of benzene rings is 2. The molecule has 0 bridgehead atoms. The third-order valence-corrected chi connectivity index (χ3v) is 3.78. The lowest BCUT2D eigenvalue weighted by Crippen LogP contribution is -2.12. The highest BCUT2D eigenvalue weighted by molar-refractivity contribution is 9.10. The van der Waals surface area contributed by atoms with Gasteiger partial charge in [-0.15, -0.1) is 0 Å². The normalized spacial score (nSPS) is 10.5. The third-order valence-electron chi connectivity index (χ3n) is 3.15. The van der Waals surface area contributed by atoms with Crippen molar-refractivity contribution >= 4 is 38.3 Å². The maximum absolute atomic E-state index is 12.3. The first-order chi connectivity index (χ1) is 10.2. The van der Waals surface area contributed by atoms with Gasteiger partial charge in [-0.3, -0.25) is 4.79 Å². The molecule has 1 aromatic heterocycles. The molecule has 2 N–H and O–H groups in total. The molecule has 0 aliphatic rings. The second-order valence-electron chi connectivity index (χ2n) is 4.48. The van der Waals surface area contributed by atoms with Gasteiger partial charge in [0, 0.05) is 11.6 Å². The molecule has 1 amide bonds. The maximum atomic E-state index is 12.3. The topological polar surface area (TPSA) is 62.2 Å². The Morgan fingerprint density at radius 1 is 1.10 bits per heavy atom. The van der Waals surface area contributed by atoms with Crippen LogP contribution in [0.3, 0.4) is 0 Å². The lowest BCUT2D eigenvalue weighted by atomic mass is 10.0. The van der Waals surface area contributed by atoms with Crippen molar-refractivity contribution in [3.05, 3.63) is 64.9 Å². The molecular weight excluding hydrogens is 332 g/mol. The van der Waals surface area contributed by atoms with Crippen molar-refractivity contribution in [3.63, 3.8) is 0 Å². The number of phenols is 1. The smallest absolute Gasteiger partial charge is 0.259 e. The van der Waals surface area contributed by atoms with Crippen LogP contribution in [0.5, 0.6) is 5.75 Å². The molecule has 5 heteroatoms. The first-order valence-electron chi connectivity index (χ1n) is 6.29. The Kier molecular flexibility index (Phi) is 3.58. The number of rotatable bonds is 2. The largest absolute Gasteiger partial charge is 0.506 e. The van der Waals surface area contributed by atoms with Gasteiger partial charge in [0.1, 0.15) is 10.4 Å². The number of nitrogens with zero attached hydrogens (tertiary/aromatic N) is 1. The average Bonchev–Trinajstić information content (AvgIpc) is 2.50. The predicted molar refractivity (Wildman–Crippen MR) is 85.5 cm³/mol. The minimum Gasteiger partial charge on any atom is -0.506 e. The molecule has 21 heavy (non-hydrogen) atoms. The number of hydrogen-bond acceptors (Lipinski definition) is 3. The zero-order chi connectivity index (χ0) is 14.8. The zero-order valence-corrected chi connectivity index (χ0v) is 12.5. The van der Waals surface area contributed by atoms with Crippen molar-refractivity contribution in [1.29, 1.82) is 0 Å². The van der Waals surface area contributed by atoms with Gasteiger partial charge < -0.3 is 10.4 Å². The van der Waals surface area contributed by atoms with E-state index in [2.05, 4.69) is 26.2 Å². The molecule has 0 unspecified atom stereocenters. The van der Waals surface area contributed by atoms with E-state index in [9.17, 15) is 9.90 Å². The van der Waals surface area contributed by atoms with Gasteiger partial charge in [0.05, 0.1) is 11.3 Å². The van der Waals surface area contributed by atoms with E-state index >= 15 is 0 Å². The van der Waals surface area contributed by atoms with Crippen molar-refractivity contribution in [2.45, 2.75) is 0 Å². The fraction of sp³-hybridized carbons (Fsp3) is 0. The van der Waals surface area contributed by atoms with Crippen LogP contribution >= 0.6 is 15.9 Å². The van der Waals surface area contributed by atoms with Gasteiger partial charge in [-0.05, 0) is 39.5 Å². The highest BCUT2D eigenvalue weighted by Crippen LogP contribution is 2.29. The second kappa shape index (κ2) is 5.54. The Balaban J connectivity index is 1.99. The van der Waals surface area contributed by atoms with E-state index < -0.39 is 0 Å². The maximum Gasteiger partial charge on any atom is 0.259 e. The standard InChI is InChI=1S/C16H11BrN2O2/c17-15-13(6-3-9-18-15)19-16(21)12-8-7-10-4-1-2-5-11(10)14(12)20/h1-9,20H,(H,19,21). The van der Waals surface area contributed by atoms with Crippen molar-refractivity contribution < 1.29 is 9.90 Å². The first-order valence-corrected chi connectivity index (χ1v) is 7.08. The molecule has 1 heterocycles. The molecule has 0 aliphatic carbocycles. The molecule has 0 saturated carbocycles. The van der Waals surface area contributed by atoms with E-state index in [1.165, 1.54) is 0 Å². The summed E-state index contributed by atoms with van der Waals surface area (Å²) < 4.78 is 0.540. The number of anilines is 1. The number of halogens is 1. The Morgan fingerprint density at radius 3 is 2.71 bits per heavy atom. The number of pyridine rings is 1. The molecule has 3 aromatic rings. The fourth-order valence-electron chi connectivity index (χ4n) is 2.11. The quantitative estimate of drug-likeness (QED) is 0.693. The number of aromatic nitrogens is 1. The lowest BCUT2D eigenvalue weighted by Gasteiger charge is -2.09. The van der Waals surface area contributed by atoms with Crippen molar-refractivity contribution in [3.8, 4) is 5.75 Å². The van der Waals surface area contributed by atoms with Crippen LogP contribution in [0.2, 0.25) is 0 Å². The van der Waals surface area contributed by atoms with Crippen LogP contribution in [0.15, 0.2) is 59.3 Å². The summed E-state index contributed by atoms with van der Waals surface area (Å²) in [5.74, 6) is -0.405. The van der Waals surface area contributed by atoms with Crippen molar-refractivity contribution in [1.82, 2.24) is 4.98 Å². The molecule has 104 valence electrons. The summed E-state index contributed by atoms with van der Waals surface area (Å²) >= 11 is 3.27. The highest BCUT2D eigenvalue weighted by atomic mass is 79.9. The Bertz CT molecular complexity index is 833. The van der Waals surface area contributed by atoms with E-state index in [0.717, 1.165) is 5.39 Å². The van der Waals surface area contributed by atoms with Crippen molar-refractivity contribution in [2.75, 3.05) is 5.32 Å². The van der Waals surface area contributed by atoms with Gasteiger partial charge in [0.2, 0.25) is 0 Å². The first kappa shape index (κ1) is 13.6. The summed E-state index contributed by atoms with van der Waals surface area (Å²) in [6, 6.07) is 14.2. The van der Waals surface area contributed by atoms with Gasteiger partial charge in [0.15, 0.2) is 0 Å². The molecule has 0 radical (unpaired) electrons. The predicted octanol–water partition coefficient (Wildman–Crippen LogP) is 3.96. The monoisotopic (exact) mass is 342 g/mol. The number of carbonyl (C=O) groups excluding carboxylic acids is 1. The molecular formula is C16H11BrN2O2. The zero-order valence-electron chi connectivity index (χ0n) is 10.9. The van der Waals surface area contributed by atoms with Crippen LogP contribution in [-0.2, 0) is 0 Å². The minimum atomic E-state index is -0.382. The minimum absolute atomic E-state index is 0.0226. The molecule has 0 spiro atoms. The van der Waals surface area contributed by atoms with Gasteiger partial charge in [-0.2, -0.15) is 0 Å². The van der Waals surface area contributed by atoms with Gasteiger partial charge in [-0.25, -0.2) is 4.98 Å². The second-order valence-corrected chi connectivity index (χ2v) is 5.23. The molecule has 0 atom stereocenters. The van der Waals surface area contributed by atoms with E-state index in [0.29, 0.717) is 15.7 Å². The number of hydrogen-bond donors (Lipinski definition) is 2. The molecule has 3 rings (SSSR count). The summed E-state index contributed by atoms with van der Waals surface area (Å²) in [6.07, 6.45) is 1.62. The van der Waals surface area contributed by atoms with Crippen LogP contribution in [0, 0.1) is 0 Å². The Hall–Kier alpha value is -2.40. The molecule has 0 aliphatic heterocycles. The SMILES string of the molecule is O=C(Nc1cccnc1Br)c1ccc2ccccc2c1O. The van der Waals surface area contributed by atoms with E-state index in [-0.39, 0.29) is 17.2 Å². The van der Waals surface area contributed by atoms with Crippen LogP contribution in [-0.4, -0.2) is 16.0 Å². The molecule has 0 fully saturated rings. The highest BCUT2D eigenvalue weighted by Gasteiger charge is 2.14. The van der Waals surface area contributed by atoms with E-state index in [1.807, 2.05) is 24.3 Å². The molecule has 4 nitrogen and oxygen atoms in total. The van der Waals surface area contributed by atoms with Gasteiger partial charge in [0.25, 0.3) is 5.91 Å². The lowest BCUT2D eigenvalue weighted by molar-refractivity contribution is 0.102. The van der Waals surface area contributed by atoms with Crippen LogP contribution < -0.4 is 5.32 Å². The average molecular weight is 343 g/mol. The Labute approximate surface area is 129 Å². The summed E-state index contributed by atoms with van der Waals surface area (Å²) in [5.41, 5.74) is 0.777. The Morgan fingerprint density at radius 2 is 1.90 bits per heavy atom. The van der Waals surface area contributed by atoms with Gasteiger partial charge >= 0.3 is 0 Å². The van der Waals surface area contributed by atoms with Crippen LogP contribution in [0.25, 0.3) is 10.8 Å². The van der Waals surface area contributed by atoms with Crippen LogP contribution in [0.4, 0.5) is 5.69 Å². The van der Waals surface area contributed by atoms with Crippen molar-refractivity contribution in [2.24, 2.45) is 0 Å². The summed E-state index contributed by atoms with van der Waals surface area (Å²) in [7, 11) is 0. The number of nitrogens with one attached hydrogen (secondary N) is 1. The number of fused-ring (bicyclic) bond motifs is 1. The molecule has 0 saturated heterocycles. The summed E-state index contributed by atoms with van der Waals surface area (Å²) in [4.78, 5) is 16.3. The van der Waals surface area contributed by atoms with E-state index in [4.69, 9.17) is 0 Å². The summed E-state index contributed by atoms with van der Waals surface area (Å²) in [5, 5.41) is 14.5.